The van der Waals surface area contributed by atoms with Crippen LogP contribution in [0.1, 0.15) is 46.0 Å². The van der Waals surface area contributed by atoms with Crippen LogP contribution in [0.3, 0.4) is 0 Å². The standard InChI is InChI=1S/C11H23N/c1-9(2)11(8-12)7-10-5-3-4-6-10/h9-11H,3-8,12H2,1-2H3. The average Bonchev–Trinajstić information content (AvgIpc) is 2.51. The van der Waals surface area contributed by atoms with E-state index in [1.165, 1.54) is 32.1 Å². The van der Waals surface area contributed by atoms with Gasteiger partial charge in [-0.3, -0.25) is 0 Å². The first-order valence-corrected chi connectivity index (χ1v) is 5.44. The highest BCUT2D eigenvalue weighted by Gasteiger charge is 2.20. The monoisotopic (exact) mass is 169 g/mol. The molecule has 1 saturated carbocycles. The highest BCUT2D eigenvalue weighted by Crippen LogP contribution is 2.32. The third-order valence-corrected chi connectivity index (χ3v) is 3.36. The highest BCUT2D eigenvalue weighted by atomic mass is 14.6. The minimum atomic E-state index is 0.771. The highest BCUT2D eigenvalue weighted by molar-refractivity contribution is 4.73. The average molecular weight is 169 g/mol. The van der Waals surface area contributed by atoms with Crippen LogP contribution in [0.4, 0.5) is 0 Å². The van der Waals surface area contributed by atoms with E-state index in [9.17, 15) is 0 Å². The predicted octanol–water partition coefficient (Wildman–Crippen LogP) is 2.80. The molecule has 1 heteroatoms. The Labute approximate surface area is 76.7 Å². The van der Waals surface area contributed by atoms with Crippen LogP contribution in [0.15, 0.2) is 0 Å². The summed E-state index contributed by atoms with van der Waals surface area (Å²) < 4.78 is 0. The lowest BCUT2D eigenvalue weighted by Gasteiger charge is -2.22. The summed E-state index contributed by atoms with van der Waals surface area (Å²) >= 11 is 0. The van der Waals surface area contributed by atoms with Gasteiger partial charge >= 0.3 is 0 Å². The summed E-state index contributed by atoms with van der Waals surface area (Å²) in [4.78, 5) is 0. The van der Waals surface area contributed by atoms with Crippen molar-refractivity contribution in [3.05, 3.63) is 0 Å². The van der Waals surface area contributed by atoms with Gasteiger partial charge in [0.25, 0.3) is 0 Å². The zero-order valence-corrected chi connectivity index (χ0v) is 8.55. The van der Waals surface area contributed by atoms with Crippen LogP contribution in [0, 0.1) is 17.8 Å². The van der Waals surface area contributed by atoms with Gasteiger partial charge in [0.15, 0.2) is 0 Å². The van der Waals surface area contributed by atoms with Crippen LogP contribution in [0.25, 0.3) is 0 Å². The Kier molecular flexibility index (Phi) is 4.07. The summed E-state index contributed by atoms with van der Waals surface area (Å²) in [6, 6.07) is 0. The van der Waals surface area contributed by atoms with E-state index < -0.39 is 0 Å². The molecule has 2 N–H and O–H groups in total. The first kappa shape index (κ1) is 10.0. The van der Waals surface area contributed by atoms with E-state index in [2.05, 4.69) is 13.8 Å². The maximum atomic E-state index is 5.75. The van der Waals surface area contributed by atoms with Crippen molar-refractivity contribution in [2.24, 2.45) is 23.5 Å². The van der Waals surface area contributed by atoms with Crippen LogP contribution >= 0.6 is 0 Å². The van der Waals surface area contributed by atoms with Gasteiger partial charge in [-0.2, -0.15) is 0 Å². The van der Waals surface area contributed by atoms with Gasteiger partial charge in [0.05, 0.1) is 0 Å². The predicted molar refractivity (Wildman–Crippen MR) is 54.0 cm³/mol. The fourth-order valence-corrected chi connectivity index (χ4v) is 2.31. The van der Waals surface area contributed by atoms with E-state index >= 15 is 0 Å². The molecule has 1 aliphatic carbocycles. The molecule has 0 bridgehead atoms. The molecule has 1 atom stereocenters. The molecule has 1 aliphatic rings. The van der Waals surface area contributed by atoms with Gasteiger partial charge in [0.1, 0.15) is 0 Å². The third kappa shape index (κ3) is 2.78. The summed E-state index contributed by atoms with van der Waals surface area (Å²) in [6.45, 7) is 5.48. The maximum absolute atomic E-state index is 5.75. The Morgan fingerprint density at radius 2 is 1.83 bits per heavy atom. The van der Waals surface area contributed by atoms with Crippen molar-refractivity contribution in [2.75, 3.05) is 6.54 Å². The molecule has 0 amide bonds. The van der Waals surface area contributed by atoms with Crippen LogP contribution in [-0.2, 0) is 0 Å². The van der Waals surface area contributed by atoms with Gasteiger partial charge in [0.2, 0.25) is 0 Å². The van der Waals surface area contributed by atoms with E-state index in [-0.39, 0.29) is 0 Å². The molecule has 0 aromatic rings. The Hall–Kier alpha value is -0.0400. The summed E-state index contributed by atoms with van der Waals surface area (Å²) in [7, 11) is 0. The largest absolute Gasteiger partial charge is 0.330 e. The van der Waals surface area contributed by atoms with Crippen molar-refractivity contribution >= 4 is 0 Å². The van der Waals surface area contributed by atoms with Crippen molar-refractivity contribution in [2.45, 2.75) is 46.0 Å². The molecule has 0 aromatic carbocycles. The molecular formula is C11H23N. The second-order valence-electron chi connectivity index (χ2n) is 4.63. The number of rotatable bonds is 4. The number of hydrogen-bond acceptors (Lipinski definition) is 1. The van der Waals surface area contributed by atoms with Gasteiger partial charge in [0, 0.05) is 0 Å². The number of nitrogens with two attached hydrogens (primary N) is 1. The van der Waals surface area contributed by atoms with Gasteiger partial charge in [-0.15, -0.1) is 0 Å². The summed E-state index contributed by atoms with van der Waals surface area (Å²) in [5.74, 6) is 2.55. The molecule has 1 unspecified atom stereocenters. The van der Waals surface area contributed by atoms with E-state index in [4.69, 9.17) is 5.73 Å². The van der Waals surface area contributed by atoms with E-state index in [1.807, 2.05) is 0 Å². The Balaban J connectivity index is 2.26. The van der Waals surface area contributed by atoms with E-state index in [0.29, 0.717) is 0 Å². The summed E-state index contributed by atoms with van der Waals surface area (Å²) in [5, 5.41) is 0. The first-order valence-electron chi connectivity index (χ1n) is 5.44. The fourth-order valence-electron chi connectivity index (χ4n) is 2.31. The Morgan fingerprint density at radius 3 is 2.25 bits per heavy atom. The van der Waals surface area contributed by atoms with Crippen molar-refractivity contribution in [3.8, 4) is 0 Å². The molecule has 1 fully saturated rings. The Morgan fingerprint density at radius 1 is 1.25 bits per heavy atom. The third-order valence-electron chi connectivity index (χ3n) is 3.36. The van der Waals surface area contributed by atoms with Gasteiger partial charge in [-0.05, 0) is 30.7 Å². The van der Waals surface area contributed by atoms with Crippen molar-refractivity contribution < 1.29 is 0 Å². The first-order chi connectivity index (χ1) is 5.74. The lowest BCUT2D eigenvalue weighted by Crippen LogP contribution is -2.22. The second kappa shape index (κ2) is 4.86. The van der Waals surface area contributed by atoms with Crippen molar-refractivity contribution in [1.29, 1.82) is 0 Å². The van der Waals surface area contributed by atoms with E-state index in [0.717, 1.165) is 24.3 Å². The summed E-state index contributed by atoms with van der Waals surface area (Å²) in [6.07, 6.45) is 7.22. The lowest BCUT2D eigenvalue weighted by molar-refractivity contribution is 0.306. The lowest BCUT2D eigenvalue weighted by atomic mass is 9.86. The van der Waals surface area contributed by atoms with Gasteiger partial charge in [-0.1, -0.05) is 39.5 Å². The van der Waals surface area contributed by atoms with Crippen molar-refractivity contribution in [1.82, 2.24) is 0 Å². The van der Waals surface area contributed by atoms with Crippen LogP contribution < -0.4 is 5.73 Å². The maximum Gasteiger partial charge on any atom is -0.00463 e. The zero-order valence-electron chi connectivity index (χ0n) is 8.55. The summed E-state index contributed by atoms with van der Waals surface area (Å²) in [5.41, 5.74) is 5.75. The Bertz CT molecular complexity index is 114. The van der Waals surface area contributed by atoms with Crippen LogP contribution in [0.2, 0.25) is 0 Å². The zero-order chi connectivity index (χ0) is 8.97. The molecule has 0 saturated heterocycles. The molecule has 0 aromatic heterocycles. The molecule has 1 nitrogen and oxygen atoms in total. The minimum absolute atomic E-state index is 0.771. The van der Waals surface area contributed by atoms with Gasteiger partial charge in [-0.25, -0.2) is 0 Å². The van der Waals surface area contributed by atoms with Crippen LogP contribution in [-0.4, -0.2) is 6.54 Å². The smallest absolute Gasteiger partial charge is 0.00463 e. The molecule has 1 rings (SSSR count). The topological polar surface area (TPSA) is 26.0 Å². The molecule has 12 heavy (non-hydrogen) atoms. The van der Waals surface area contributed by atoms with E-state index in [1.54, 1.807) is 0 Å². The fraction of sp³-hybridized carbons (Fsp3) is 1.00. The minimum Gasteiger partial charge on any atom is -0.330 e. The number of hydrogen-bond donors (Lipinski definition) is 1. The molecule has 0 spiro atoms. The molecule has 72 valence electrons. The molecule has 0 aliphatic heterocycles. The van der Waals surface area contributed by atoms with Gasteiger partial charge < -0.3 is 5.73 Å². The molecule has 0 radical (unpaired) electrons. The van der Waals surface area contributed by atoms with Crippen LogP contribution in [0.5, 0.6) is 0 Å². The second-order valence-corrected chi connectivity index (χ2v) is 4.63. The van der Waals surface area contributed by atoms with Crippen molar-refractivity contribution in [3.63, 3.8) is 0 Å². The SMILES string of the molecule is CC(C)C(CN)CC1CCCC1. The quantitative estimate of drug-likeness (QED) is 0.688. The molecule has 0 heterocycles. The normalized spacial score (nSPS) is 22.0. The molecular weight excluding hydrogens is 146 g/mol.